The van der Waals surface area contributed by atoms with Gasteiger partial charge in [-0.2, -0.15) is 13.2 Å². The van der Waals surface area contributed by atoms with Gasteiger partial charge in [0.1, 0.15) is 6.61 Å². The monoisotopic (exact) mass is 326 g/mol. The summed E-state index contributed by atoms with van der Waals surface area (Å²) in [5.41, 5.74) is 6.43. The molecule has 0 radical (unpaired) electrons. The molecule has 5 nitrogen and oxygen atoms in total. The second-order valence-electron chi connectivity index (χ2n) is 4.42. The zero-order chi connectivity index (χ0) is 16.1. The van der Waals surface area contributed by atoms with Gasteiger partial charge in [-0.15, -0.1) is 0 Å². The third-order valence-corrected chi connectivity index (χ3v) is 4.00. The summed E-state index contributed by atoms with van der Waals surface area (Å²) in [6.07, 6.45) is -4.42. The van der Waals surface area contributed by atoms with Crippen LogP contribution in [0.5, 0.6) is 0 Å². The summed E-state index contributed by atoms with van der Waals surface area (Å²) in [6.45, 7) is -0.248. The van der Waals surface area contributed by atoms with Gasteiger partial charge in [0.15, 0.2) is 0 Å². The molecule has 1 atom stereocenters. The maximum absolute atomic E-state index is 11.9. The van der Waals surface area contributed by atoms with Gasteiger partial charge in [-0.3, -0.25) is 0 Å². The number of rotatable bonds is 7. The highest BCUT2D eigenvalue weighted by Gasteiger charge is 2.27. The van der Waals surface area contributed by atoms with Crippen molar-refractivity contribution in [3.8, 4) is 0 Å². The Labute approximate surface area is 121 Å². The van der Waals surface area contributed by atoms with Crippen LogP contribution >= 0.6 is 0 Å². The molecule has 0 amide bonds. The zero-order valence-corrected chi connectivity index (χ0v) is 12.2. The smallest absolute Gasteiger partial charge is 0.371 e. The Morgan fingerprint density at radius 2 is 1.86 bits per heavy atom. The van der Waals surface area contributed by atoms with Gasteiger partial charge < -0.3 is 10.5 Å². The minimum Gasteiger partial charge on any atom is -0.371 e. The molecule has 0 fully saturated rings. The van der Waals surface area contributed by atoms with Crippen molar-refractivity contribution in [3.63, 3.8) is 0 Å². The molecule has 0 saturated heterocycles. The molecule has 1 rings (SSSR count). The van der Waals surface area contributed by atoms with Crippen LogP contribution in [0.4, 0.5) is 13.2 Å². The molecule has 0 aliphatic rings. The molecule has 1 aromatic rings. The number of hydrogen-bond donors (Lipinski definition) is 2. The second-order valence-corrected chi connectivity index (χ2v) is 6.19. The molecule has 21 heavy (non-hydrogen) atoms. The fourth-order valence-electron chi connectivity index (χ4n) is 1.47. The van der Waals surface area contributed by atoms with E-state index in [0.29, 0.717) is 0 Å². The molecule has 120 valence electrons. The highest BCUT2D eigenvalue weighted by atomic mass is 32.2. The SMILES string of the molecule is CC(N)c1ccc(S(=O)(=O)NCCOCC(F)(F)F)cc1. The average molecular weight is 326 g/mol. The molecule has 0 aliphatic heterocycles. The minimum atomic E-state index is -4.42. The summed E-state index contributed by atoms with van der Waals surface area (Å²) >= 11 is 0. The number of nitrogens with one attached hydrogen (secondary N) is 1. The van der Waals surface area contributed by atoms with E-state index in [4.69, 9.17) is 5.73 Å². The Morgan fingerprint density at radius 1 is 1.29 bits per heavy atom. The quantitative estimate of drug-likeness (QED) is 0.745. The van der Waals surface area contributed by atoms with E-state index in [1.807, 2.05) is 0 Å². The first kappa shape index (κ1) is 17.9. The maximum Gasteiger partial charge on any atom is 0.411 e. The van der Waals surface area contributed by atoms with Crippen molar-refractivity contribution in [1.29, 1.82) is 0 Å². The summed E-state index contributed by atoms with van der Waals surface area (Å²) in [7, 11) is -3.77. The van der Waals surface area contributed by atoms with Crippen LogP contribution in [0.1, 0.15) is 18.5 Å². The van der Waals surface area contributed by atoms with Crippen LogP contribution < -0.4 is 10.5 Å². The van der Waals surface area contributed by atoms with Gasteiger partial charge in [0.2, 0.25) is 10.0 Å². The van der Waals surface area contributed by atoms with Crippen LogP contribution in [0, 0.1) is 0 Å². The van der Waals surface area contributed by atoms with Crippen molar-refractivity contribution in [1.82, 2.24) is 4.72 Å². The fraction of sp³-hybridized carbons (Fsp3) is 0.500. The minimum absolute atomic E-state index is 0.0164. The zero-order valence-electron chi connectivity index (χ0n) is 11.4. The lowest BCUT2D eigenvalue weighted by Crippen LogP contribution is -2.29. The van der Waals surface area contributed by atoms with Gasteiger partial charge in [0, 0.05) is 12.6 Å². The number of sulfonamides is 1. The highest BCUT2D eigenvalue weighted by molar-refractivity contribution is 7.89. The van der Waals surface area contributed by atoms with Crippen LogP contribution in [0.25, 0.3) is 0 Å². The highest BCUT2D eigenvalue weighted by Crippen LogP contribution is 2.15. The second kappa shape index (κ2) is 7.21. The van der Waals surface area contributed by atoms with Crippen LogP contribution in [-0.4, -0.2) is 34.4 Å². The molecule has 1 aromatic carbocycles. The summed E-state index contributed by atoms with van der Waals surface area (Å²) in [5.74, 6) is 0. The Kier molecular flexibility index (Phi) is 6.14. The van der Waals surface area contributed by atoms with Gasteiger partial charge in [0.05, 0.1) is 11.5 Å². The van der Waals surface area contributed by atoms with Crippen molar-refractivity contribution < 1.29 is 26.3 Å². The molecule has 0 spiro atoms. The van der Waals surface area contributed by atoms with E-state index < -0.39 is 22.8 Å². The Morgan fingerprint density at radius 3 is 2.33 bits per heavy atom. The van der Waals surface area contributed by atoms with Gasteiger partial charge in [-0.25, -0.2) is 13.1 Å². The molecule has 0 aromatic heterocycles. The topological polar surface area (TPSA) is 81.4 Å². The van der Waals surface area contributed by atoms with Gasteiger partial charge in [0.25, 0.3) is 0 Å². The molecule has 9 heteroatoms. The Balaban J connectivity index is 2.50. The molecule has 3 N–H and O–H groups in total. The predicted molar refractivity (Wildman–Crippen MR) is 71.1 cm³/mol. The van der Waals surface area contributed by atoms with E-state index in [2.05, 4.69) is 9.46 Å². The third kappa shape index (κ3) is 6.42. The van der Waals surface area contributed by atoms with Crippen molar-refractivity contribution in [2.75, 3.05) is 19.8 Å². The number of nitrogens with two attached hydrogens (primary N) is 1. The molecular weight excluding hydrogens is 309 g/mol. The van der Waals surface area contributed by atoms with Gasteiger partial charge in [-0.1, -0.05) is 12.1 Å². The largest absolute Gasteiger partial charge is 0.411 e. The number of ether oxygens (including phenoxy) is 1. The van der Waals surface area contributed by atoms with E-state index >= 15 is 0 Å². The van der Waals surface area contributed by atoms with Crippen molar-refractivity contribution in [3.05, 3.63) is 29.8 Å². The lowest BCUT2D eigenvalue weighted by atomic mass is 10.1. The average Bonchev–Trinajstić information content (AvgIpc) is 2.37. The first-order chi connectivity index (χ1) is 9.62. The normalized spacial score (nSPS) is 14.1. The van der Waals surface area contributed by atoms with E-state index in [9.17, 15) is 21.6 Å². The summed E-state index contributed by atoms with van der Waals surface area (Å²) in [6, 6.07) is 5.72. The molecule has 1 unspecified atom stereocenters. The first-order valence-electron chi connectivity index (χ1n) is 6.11. The van der Waals surface area contributed by atoms with E-state index in [0.717, 1.165) is 5.56 Å². The van der Waals surface area contributed by atoms with Crippen molar-refractivity contribution >= 4 is 10.0 Å². The molecule has 0 saturated carbocycles. The standard InChI is InChI=1S/C12H17F3N2O3S/c1-9(16)10-2-4-11(5-3-10)21(18,19)17-6-7-20-8-12(13,14)15/h2-5,9,17H,6-8,16H2,1H3. The van der Waals surface area contributed by atoms with Crippen LogP contribution in [0.3, 0.4) is 0 Å². The maximum atomic E-state index is 11.9. The first-order valence-corrected chi connectivity index (χ1v) is 7.60. The molecule has 0 heterocycles. The fourth-order valence-corrected chi connectivity index (χ4v) is 2.48. The summed E-state index contributed by atoms with van der Waals surface area (Å²) < 4.78 is 65.6. The number of hydrogen-bond acceptors (Lipinski definition) is 4. The summed E-state index contributed by atoms with van der Waals surface area (Å²) in [5, 5.41) is 0. The number of alkyl halides is 3. The van der Waals surface area contributed by atoms with Crippen LogP contribution in [0.15, 0.2) is 29.2 Å². The van der Waals surface area contributed by atoms with Crippen molar-refractivity contribution in [2.24, 2.45) is 5.73 Å². The van der Waals surface area contributed by atoms with Gasteiger partial charge >= 0.3 is 6.18 Å². The van der Waals surface area contributed by atoms with E-state index in [-0.39, 0.29) is 24.1 Å². The van der Waals surface area contributed by atoms with Crippen LogP contribution in [-0.2, 0) is 14.8 Å². The number of halogens is 3. The Bertz CT molecular complexity index is 542. The van der Waals surface area contributed by atoms with Gasteiger partial charge in [-0.05, 0) is 24.6 Å². The Hall–Kier alpha value is -1.16. The lowest BCUT2D eigenvalue weighted by Gasteiger charge is -2.10. The third-order valence-electron chi connectivity index (χ3n) is 2.52. The van der Waals surface area contributed by atoms with Crippen molar-refractivity contribution in [2.45, 2.75) is 24.0 Å². The molecule has 0 bridgehead atoms. The summed E-state index contributed by atoms with van der Waals surface area (Å²) in [4.78, 5) is 0.0164. The number of benzene rings is 1. The molecular formula is C12H17F3N2O3S. The van der Waals surface area contributed by atoms with E-state index in [1.165, 1.54) is 12.1 Å². The predicted octanol–water partition coefficient (Wildman–Crippen LogP) is 1.56. The lowest BCUT2D eigenvalue weighted by molar-refractivity contribution is -0.173. The molecule has 0 aliphatic carbocycles. The van der Waals surface area contributed by atoms with E-state index in [1.54, 1.807) is 19.1 Å². The van der Waals surface area contributed by atoms with Crippen LogP contribution in [0.2, 0.25) is 0 Å².